The molecule has 1 aromatic heterocycles. The number of rotatable bonds is 8. The summed E-state index contributed by atoms with van der Waals surface area (Å²) in [5, 5.41) is 21.1. The molecule has 2 aromatic carbocycles. The van der Waals surface area contributed by atoms with Crippen molar-refractivity contribution in [2.75, 3.05) is 39.2 Å². The number of amides is 1. The van der Waals surface area contributed by atoms with Crippen molar-refractivity contribution in [3.63, 3.8) is 0 Å². The van der Waals surface area contributed by atoms with Gasteiger partial charge in [0.15, 0.2) is 11.5 Å². The van der Waals surface area contributed by atoms with Gasteiger partial charge in [-0.25, -0.2) is 18.3 Å². The fourth-order valence-electron chi connectivity index (χ4n) is 4.63. The van der Waals surface area contributed by atoms with Crippen LogP contribution in [0, 0.1) is 5.92 Å². The molecular weight excluding hydrogens is 581 g/mol. The van der Waals surface area contributed by atoms with Crippen LogP contribution < -0.4 is 25.4 Å². The van der Waals surface area contributed by atoms with Gasteiger partial charge in [0.2, 0.25) is 0 Å². The molecule has 15 heteroatoms. The van der Waals surface area contributed by atoms with Gasteiger partial charge in [-0.1, -0.05) is 18.2 Å². The number of ether oxygens (including phenoxy) is 2. The number of carboxylic acids is 1. The van der Waals surface area contributed by atoms with Gasteiger partial charge in [0, 0.05) is 42.7 Å². The number of carboxylic acid groups (broad SMARTS) is 1. The van der Waals surface area contributed by atoms with Crippen molar-refractivity contribution < 1.29 is 46.1 Å². The van der Waals surface area contributed by atoms with Crippen LogP contribution in [0.25, 0.3) is 11.3 Å². The number of carbonyl (C=O) groups excluding carboxylic acids is 1. The molecule has 2 aliphatic rings. The summed E-state index contributed by atoms with van der Waals surface area (Å²) in [4.78, 5) is 21.5. The van der Waals surface area contributed by atoms with E-state index in [4.69, 9.17) is 19.4 Å². The molecule has 0 saturated carbocycles. The zero-order valence-corrected chi connectivity index (χ0v) is 23.1. The van der Waals surface area contributed by atoms with Crippen LogP contribution in [0.5, 0.6) is 11.5 Å². The fourth-order valence-corrected chi connectivity index (χ4v) is 4.63. The number of carbonyl (C=O) groups is 2. The quantitative estimate of drug-likeness (QED) is 0.274. The number of methoxy groups -OCH3 is 2. The smallest absolute Gasteiger partial charge is 0.490 e. The van der Waals surface area contributed by atoms with E-state index in [1.807, 2.05) is 12.1 Å². The molecule has 10 nitrogen and oxygen atoms in total. The van der Waals surface area contributed by atoms with Crippen molar-refractivity contribution >= 4 is 17.7 Å². The molecule has 0 aliphatic carbocycles. The van der Waals surface area contributed by atoms with E-state index < -0.39 is 24.6 Å². The predicted molar refractivity (Wildman–Crippen MR) is 146 cm³/mol. The molecule has 43 heavy (non-hydrogen) atoms. The zero-order valence-electron chi connectivity index (χ0n) is 23.1. The summed E-state index contributed by atoms with van der Waals surface area (Å²) >= 11 is 0. The molecule has 1 fully saturated rings. The first-order valence-corrected chi connectivity index (χ1v) is 13.2. The summed E-state index contributed by atoms with van der Waals surface area (Å²) in [5.41, 5.74) is 2.53. The fraction of sp³-hybridized carbons (Fsp3) is 0.393. The summed E-state index contributed by atoms with van der Waals surface area (Å²) in [6.07, 6.45) is -7.53. The summed E-state index contributed by atoms with van der Waals surface area (Å²) < 4.78 is 72.0. The molecular formula is C28H30F5N5O5. The minimum atomic E-state index is -5.08. The second-order valence-electron chi connectivity index (χ2n) is 9.93. The third-order valence-corrected chi connectivity index (χ3v) is 7.03. The predicted octanol–water partition coefficient (Wildman–Crippen LogP) is 4.51. The molecule has 3 heterocycles. The number of aromatic nitrogens is 2. The number of hydrogen-bond acceptors (Lipinski definition) is 7. The third-order valence-electron chi connectivity index (χ3n) is 7.03. The highest BCUT2D eigenvalue weighted by Crippen LogP contribution is 2.41. The van der Waals surface area contributed by atoms with E-state index in [9.17, 15) is 26.7 Å². The van der Waals surface area contributed by atoms with Gasteiger partial charge in [-0.05, 0) is 36.2 Å². The first-order chi connectivity index (χ1) is 20.4. The summed E-state index contributed by atoms with van der Waals surface area (Å²) in [6.45, 7) is 2.43. The van der Waals surface area contributed by atoms with Crippen LogP contribution in [0.3, 0.4) is 0 Å². The van der Waals surface area contributed by atoms with Gasteiger partial charge in [-0.2, -0.15) is 18.3 Å². The Hall–Kier alpha value is -4.40. The second-order valence-corrected chi connectivity index (χ2v) is 9.93. The molecule has 4 N–H and O–H groups in total. The van der Waals surface area contributed by atoms with Gasteiger partial charge in [-0.3, -0.25) is 4.79 Å². The van der Waals surface area contributed by atoms with Crippen molar-refractivity contribution in [3.8, 4) is 22.8 Å². The maximum Gasteiger partial charge on any atom is 0.490 e. The average molecular weight is 612 g/mol. The average Bonchev–Trinajstić information content (AvgIpc) is 3.39. The van der Waals surface area contributed by atoms with E-state index >= 15 is 0 Å². The number of halogens is 5. The Labute approximate surface area is 243 Å². The first-order valence-electron chi connectivity index (χ1n) is 13.2. The Bertz CT molecular complexity index is 1440. The van der Waals surface area contributed by atoms with Crippen LogP contribution >= 0.6 is 0 Å². The molecule has 2 atom stereocenters. The Morgan fingerprint density at radius 3 is 2.37 bits per heavy atom. The molecule has 2 aliphatic heterocycles. The van der Waals surface area contributed by atoms with Gasteiger partial charge in [0.25, 0.3) is 12.3 Å². The number of fused-ring (bicyclic) bond motifs is 1. The van der Waals surface area contributed by atoms with Crippen molar-refractivity contribution in [1.29, 1.82) is 0 Å². The van der Waals surface area contributed by atoms with Gasteiger partial charge >= 0.3 is 12.1 Å². The summed E-state index contributed by atoms with van der Waals surface area (Å²) in [7, 11) is 3.09. The van der Waals surface area contributed by atoms with E-state index in [1.165, 1.54) is 11.8 Å². The lowest BCUT2D eigenvalue weighted by atomic mass is 9.97. The van der Waals surface area contributed by atoms with Gasteiger partial charge in [-0.15, -0.1) is 0 Å². The lowest BCUT2D eigenvalue weighted by Gasteiger charge is -2.32. The van der Waals surface area contributed by atoms with Crippen LogP contribution in [0.2, 0.25) is 0 Å². The lowest BCUT2D eigenvalue weighted by molar-refractivity contribution is -0.192. The number of aliphatic carboxylic acids is 1. The molecule has 1 amide bonds. The highest BCUT2D eigenvalue weighted by Gasteiger charge is 2.38. The Morgan fingerprint density at radius 2 is 1.79 bits per heavy atom. The standard InChI is InChI=1S/C26H29F2N5O3.C2HF3O2/c1-35-22-7-6-17(9-23(22)36-2)19-10-21(25(27)28)33-24(31-19)11-20(32-33)16-4-3-5-18(8-16)26(34)30-14-15-12-29-13-15;3-2(4,5)1(6)7/h3-9,11,15,19,21,25,29,31H,10,12-14H2,1-2H3,(H,30,34);(H,6,7). The molecule has 1 saturated heterocycles. The van der Waals surface area contributed by atoms with Gasteiger partial charge < -0.3 is 30.5 Å². The monoisotopic (exact) mass is 611 g/mol. The van der Waals surface area contributed by atoms with Gasteiger partial charge in [0.1, 0.15) is 11.9 Å². The van der Waals surface area contributed by atoms with Crippen LogP contribution in [-0.2, 0) is 4.79 Å². The van der Waals surface area contributed by atoms with Crippen molar-refractivity contribution in [2.45, 2.75) is 31.1 Å². The minimum absolute atomic E-state index is 0.153. The van der Waals surface area contributed by atoms with Crippen LogP contribution in [0.4, 0.5) is 27.8 Å². The number of alkyl halides is 5. The number of nitrogens with one attached hydrogen (secondary N) is 3. The van der Waals surface area contributed by atoms with Crippen LogP contribution in [0.15, 0.2) is 48.5 Å². The first kappa shape index (κ1) is 31.5. The molecule has 0 spiro atoms. The number of benzene rings is 2. The summed E-state index contributed by atoms with van der Waals surface area (Å²) in [6, 6.07) is 12.8. The van der Waals surface area contributed by atoms with E-state index in [0.29, 0.717) is 46.6 Å². The molecule has 5 rings (SSSR count). The van der Waals surface area contributed by atoms with Crippen molar-refractivity contribution in [2.24, 2.45) is 5.92 Å². The maximum atomic E-state index is 14.1. The number of hydrogen-bond donors (Lipinski definition) is 4. The van der Waals surface area contributed by atoms with Crippen LogP contribution in [0.1, 0.15) is 34.4 Å². The van der Waals surface area contributed by atoms with Crippen molar-refractivity contribution in [1.82, 2.24) is 20.4 Å². The van der Waals surface area contributed by atoms with E-state index in [1.54, 1.807) is 43.5 Å². The number of anilines is 1. The molecule has 0 bridgehead atoms. The van der Waals surface area contributed by atoms with Crippen molar-refractivity contribution in [3.05, 3.63) is 59.7 Å². The SMILES string of the molecule is COc1ccc(C2CC(C(F)F)n3nc(-c4cccc(C(=O)NCC5CNC5)c4)cc3N2)cc1OC.O=C(O)C(F)(F)F. The maximum absolute atomic E-state index is 14.1. The van der Waals surface area contributed by atoms with Crippen LogP contribution in [-0.4, -0.2) is 73.2 Å². The largest absolute Gasteiger partial charge is 0.493 e. The normalized spacial score (nSPS) is 18.0. The minimum Gasteiger partial charge on any atom is -0.493 e. The molecule has 2 unspecified atom stereocenters. The van der Waals surface area contributed by atoms with E-state index in [2.05, 4.69) is 21.0 Å². The highest BCUT2D eigenvalue weighted by molar-refractivity contribution is 5.95. The highest BCUT2D eigenvalue weighted by atomic mass is 19.4. The zero-order chi connectivity index (χ0) is 31.3. The van der Waals surface area contributed by atoms with Gasteiger partial charge in [0.05, 0.1) is 26.0 Å². The van der Waals surface area contributed by atoms with E-state index in [-0.39, 0.29) is 18.4 Å². The molecule has 3 aromatic rings. The third kappa shape index (κ3) is 7.52. The molecule has 0 radical (unpaired) electrons. The topological polar surface area (TPSA) is 127 Å². The lowest BCUT2D eigenvalue weighted by Crippen LogP contribution is -2.48. The van der Waals surface area contributed by atoms with E-state index in [0.717, 1.165) is 18.7 Å². The number of nitrogens with zero attached hydrogens (tertiary/aromatic N) is 2. The Balaban J connectivity index is 0.000000541. The Morgan fingerprint density at radius 1 is 1.09 bits per heavy atom. The summed E-state index contributed by atoms with van der Waals surface area (Å²) in [5.74, 6) is -0.865. The Kier molecular flexibility index (Phi) is 9.73. The second kappa shape index (κ2) is 13.3. The molecule has 232 valence electrons.